The van der Waals surface area contributed by atoms with Crippen LogP contribution in [0, 0.1) is 17.8 Å². The van der Waals surface area contributed by atoms with Crippen molar-refractivity contribution in [3.8, 4) is 0 Å². The highest BCUT2D eigenvalue weighted by Gasteiger charge is 2.65. The number of esters is 1. The Balaban J connectivity index is 1.55. The molecule has 3 fully saturated rings. The lowest BCUT2D eigenvalue weighted by atomic mass is 9.94. The lowest BCUT2D eigenvalue weighted by Crippen LogP contribution is -2.40. The second-order valence-corrected chi connectivity index (χ2v) is 8.25. The number of amides is 1. The zero-order valence-corrected chi connectivity index (χ0v) is 13.5. The standard InChI is InChI=1S/C14H21NO6S/c1-3-7(2)14(17)15-6-11(16)20-12-8-4-9-10(5-8)22(18,19)21-13(9)12/h7-10,12-13H,3-6H2,1-2H3,(H,15,17). The minimum Gasteiger partial charge on any atom is -0.458 e. The van der Waals surface area contributed by atoms with Gasteiger partial charge in [-0.1, -0.05) is 13.8 Å². The average Bonchev–Trinajstić information content (AvgIpc) is 3.08. The van der Waals surface area contributed by atoms with Crippen molar-refractivity contribution in [1.82, 2.24) is 5.32 Å². The van der Waals surface area contributed by atoms with Crippen LogP contribution in [0.25, 0.3) is 0 Å². The lowest BCUT2D eigenvalue weighted by Gasteiger charge is -2.25. The summed E-state index contributed by atoms with van der Waals surface area (Å²) in [6.45, 7) is 3.49. The third-order valence-electron chi connectivity index (χ3n) is 5.15. The predicted octanol–water partition coefficient (Wildman–Crippen LogP) is 0.198. The molecule has 0 aromatic carbocycles. The van der Waals surface area contributed by atoms with E-state index in [4.69, 9.17) is 8.92 Å². The number of hydrogen-bond acceptors (Lipinski definition) is 6. The van der Waals surface area contributed by atoms with Gasteiger partial charge in [0.15, 0.2) is 0 Å². The highest BCUT2D eigenvalue weighted by atomic mass is 32.2. The molecule has 2 saturated carbocycles. The van der Waals surface area contributed by atoms with Crippen LogP contribution in [-0.2, 0) is 28.6 Å². The lowest BCUT2D eigenvalue weighted by molar-refractivity contribution is -0.155. The van der Waals surface area contributed by atoms with Crippen LogP contribution in [0.2, 0.25) is 0 Å². The summed E-state index contributed by atoms with van der Waals surface area (Å²) in [5.41, 5.74) is 0. The molecule has 22 heavy (non-hydrogen) atoms. The van der Waals surface area contributed by atoms with Gasteiger partial charge in [-0.2, -0.15) is 8.42 Å². The summed E-state index contributed by atoms with van der Waals surface area (Å²) in [6, 6.07) is 0. The maximum Gasteiger partial charge on any atom is 0.325 e. The molecule has 2 aliphatic carbocycles. The maximum atomic E-state index is 11.9. The number of hydrogen-bond donors (Lipinski definition) is 1. The van der Waals surface area contributed by atoms with Crippen molar-refractivity contribution in [2.24, 2.45) is 17.8 Å². The average molecular weight is 331 g/mol. The maximum absolute atomic E-state index is 11.9. The van der Waals surface area contributed by atoms with Gasteiger partial charge in [0.2, 0.25) is 5.91 Å². The molecule has 124 valence electrons. The fourth-order valence-electron chi connectivity index (χ4n) is 3.76. The van der Waals surface area contributed by atoms with E-state index in [1.807, 2.05) is 6.92 Å². The van der Waals surface area contributed by atoms with E-state index in [9.17, 15) is 18.0 Å². The Hall–Kier alpha value is -1.15. The molecular formula is C14H21NO6S. The second kappa shape index (κ2) is 5.49. The fraction of sp³-hybridized carbons (Fsp3) is 0.857. The molecule has 8 heteroatoms. The summed E-state index contributed by atoms with van der Waals surface area (Å²) in [6.07, 6.45) is 0.879. The van der Waals surface area contributed by atoms with E-state index in [1.165, 1.54) is 0 Å². The summed E-state index contributed by atoms with van der Waals surface area (Å²) in [5.74, 6) is -0.890. The van der Waals surface area contributed by atoms with E-state index >= 15 is 0 Å². The predicted molar refractivity (Wildman–Crippen MR) is 76.1 cm³/mol. The van der Waals surface area contributed by atoms with E-state index < -0.39 is 33.5 Å². The molecule has 1 saturated heterocycles. The van der Waals surface area contributed by atoms with Crippen LogP contribution in [0.1, 0.15) is 33.1 Å². The molecule has 1 amide bonds. The first-order valence-electron chi connectivity index (χ1n) is 7.72. The van der Waals surface area contributed by atoms with E-state index in [2.05, 4.69) is 5.32 Å². The molecule has 1 N–H and O–H groups in total. The van der Waals surface area contributed by atoms with Crippen molar-refractivity contribution in [1.29, 1.82) is 0 Å². The van der Waals surface area contributed by atoms with Gasteiger partial charge in [0.1, 0.15) is 18.8 Å². The van der Waals surface area contributed by atoms with Gasteiger partial charge in [0.05, 0.1) is 5.25 Å². The van der Waals surface area contributed by atoms with Crippen LogP contribution in [0.4, 0.5) is 0 Å². The van der Waals surface area contributed by atoms with Crippen molar-refractivity contribution in [2.75, 3.05) is 6.54 Å². The van der Waals surface area contributed by atoms with Crippen LogP contribution >= 0.6 is 0 Å². The zero-order valence-electron chi connectivity index (χ0n) is 12.7. The minimum absolute atomic E-state index is 0.0477. The highest BCUT2D eigenvalue weighted by molar-refractivity contribution is 7.87. The van der Waals surface area contributed by atoms with Crippen molar-refractivity contribution in [2.45, 2.75) is 50.6 Å². The molecule has 6 atom stereocenters. The summed E-state index contributed by atoms with van der Waals surface area (Å²) in [5, 5.41) is 2.11. The number of fused-ring (bicyclic) bond motifs is 1. The van der Waals surface area contributed by atoms with Crippen LogP contribution in [0.5, 0.6) is 0 Å². The number of nitrogens with one attached hydrogen (secondary N) is 1. The van der Waals surface area contributed by atoms with Gasteiger partial charge in [-0.3, -0.25) is 13.8 Å². The highest BCUT2D eigenvalue weighted by Crippen LogP contribution is 2.55. The first-order chi connectivity index (χ1) is 10.3. The normalized spacial score (nSPS) is 38.7. The summed E-state index contributed by atoms with van der Waals surface area (Å²) >= 11 is 0. The largest absolute Gasteiger partial charge is 0.458 e. The van der Waals surface area contributed by atoms with Crippen molar-refractivity contribution in [3.63, 3.8) is 0 Å². The van der Waals surface area contributed by atoms with Gasteiger partial charge >= 0.3 is 5.97 Å². The van der Waals surface area contributed by atoms with Crippen LogP contribution in [-0.4, -0.2) is 44.3 Å². The van der Waals surface area contributed by atoms with Gasteiger partial charge < -0.3 is 10.1 Å². The van der Waals surface area contributed by atoms with E-state index in [0.717, 1.165) is 6.42 Å². The van der Waals surface area contributed by atoms with Gasteiger partial charge in [-0.05, 0) is 19.3 Å². The number of carbonyl (C=O) groups excluding carboxylic acids is 2. The number of ether oxygens (including phenoxy) is 1. The van der Waals surface area contributed by atoms with E-state index in [1.54, 1.807) is 6.92 Å². The topological polar surface area (TPSA) is 98.8 Å². The quantitative estimate of drug-likeness (QED) is 0.571. The Bertz CT molecular complexity index is 588. The second-order valence-electron chi connectivity index (χ2n) is 6.47. The Labute approximate surface area is 129 Å². The monoisotopic (exact) mass is 331 g/mol. The molecule has 7 nitrogen and oxygen atoms in total. The Morgan fingerprint density at radius 1 is 1.36 bits per heavy atom. The Morgan fingerprint density at radius 3 is 2.77 bits per heavy atom. The van der Waals surface area contributed by atoms with Gasteiger partial charge in [0.25, 0.3) is 10.1 Å². The molecule has 1 aliphatic heterocycles. The van der Waals surface area contributed by atoms with Gasteiger partial charge in [0, 0.05) is 17.8 Å². The first kappa shape index (κ1) is 15.7. The number of rotatable bonds is 5. The van der Waals surface area contributed by atoms with Crippen LogP contribution in [0.3, 0.4) is 0 Å². The van der Waals surface area contributed by atoms with Crippen molar-refractivity contribution in [3.05, 3.63) is 0 Å². The summed E-state index contributed by atoms with van der Waals surface area (Å²) in [4.78, 5) is 23.5. The molecule has 3 rings (SSSR count). The molecule has 3 aliphatic rings. The molecule has 1 heterocycles. The van der Waals surface area contributed by atoms with Gasteiger partial charge in [-0.25, -0.2) is 0 Å². The summed E-state index contributed by atoms with van der Waals surface area (Å²) in [7, 11) is -3.50. The molecular weight excluding hydrogens is 310 g/mol. The molecule has 6 unspecified atom stereocenters. The fourth-order valence-corrected chi connectivity index (χ4v) is 5.64. The first-order valence-corrected chi connectivity index (χ1v) is 9.20. The molecule has 0 spiro atoms. The van der Waals surface area contributed by atoms with Crippen LogP contribution < -0.4 is 5.32 Å². The van der Waals surface area contributed by atoms with Crippen molar-refractivity contribution < 1.29 is 26.9 Å². The molecule has 0 radical (unpaired) electrons. The summed E-state index contributed by atoms with van der Waals surface area (Å²) < 4.78 is 34.1. The third kappa shape index (κ3) is 2.52. The smallest absolute Gasteiger partial charge is 0.325 e. The SMILES string of the molecule is CCC(C)C(=O)NCC(=O)OC1C2CC3C1OS(=O)(=O)C3C2. The minimum atomic E-state index is -3.50. The molecule has 0 aromatic heterocycles. The van der Waals surface area contributed by atoms with Gasteiger partial charge in [-0.15, -0.1) is 0 Å². The van der Waals surface area contributed by atoms with Crippen LogP contribution in [0.15, 0.2) is 0 Å². The Kier molecular flexibility index (Phi) is 3.92. The van der Waals surface area contributed by atoms with Crippen molar-refractivity contribution >= 4 is 22.0 Å². The zero-order chi connectivity index (χ0) is 16.1. The number of carbonyl (C=O) groups is 2. The van der Waals surface area contributed by atoms with E-state index in [-0.39, 0.29) is 30.2 Å². The third-order valence-corrected chi connectivity index (χ3v) is 6.92. The van der Waals surface area contributed by atoms with E-state index in [0.29, 0.717) is 12.8 Å². The Morgan fingerprint density at radius 2 is 2.09 bits per heavy atom. The molecule has 2 bridgehead atoms. The molecule has 0 aromatic rings.